The van der Waals surface area contributed by atoms with Gasteiger partial charge in [-0.1, -0.05) is 30.3 Å². The normalized spacial score (nSPS) is 11.0. The van der Waals surface area contributed by atoms with Crippen LogP contribution in [-0.2, 0) is 0 Å². The van der Waals surface area contributed by atoms with Crippen LogP contribution >= 0.6 is 11.3 Å². The number of benzene rings is 2. The summed E-state index contributed by atoms with van der Waals surface area (Å²) < 4.78 is 40.2. The topological polar surface area (TPSA) is 80.3 Å². The zero-order valence-electron chi connectivity index (χ0n) is 14.9. The van der Waals surface area contributed by atoms with Gasteiger partial charge in [0.05, 0.1) is 5.69 Å². The van der Waals surface area contributed by atoms with Crippen molar-refractivity contribution in [3.05, 3.63) is 70.7 Å². The number of carbonyl (C=O) groups excluding carboxylic acids is 2. The summed E-state index contributed by atoms with van der Waals surface area (Å²) >= 11 is 1.18. The smallest absolute Gasteiger partial charge is 0.406 e. The first kappa shape index (κ1) is 20.3. The van der Waals surface area contributed by atoms with Crippen molar-refractivity contribution in [2.45, 2.75) is 13.3 Å². The molecule has 2 N–H and O–H groups in total. The lowest BCUT2D eigenvalue weighted by Gasteiger charge is -2.10. The van der Waals surface area contributed by atoms with Crippen molar-refractivity contribution in [2.75, 3.05) is 0 Å². The van der Waals surface area contributed by atoms with Crippen LogP contribution in [0.25, 0.3) is 10.6 Å². The van der Waals surface area contributed by atoms with E-state index in [0.717, 1.165) is 29.8 Å². The highest BCUT2D eigenvalue weighted by Crippen LogP contribution is 2.27. The monoisotopic (exact) mass is 421 g/mol. The first-order chi connectivity index (χ1) is 13.7. The highest BCUT2D eigenvalue weighted by Gasteiger charge is 2.31. The molecule has 6 nitrogen and oxygen atoms in total. The van der Waals surface area contributed by atoms with E-state index in [-0.39, 0.29) is 5.56 Å². The van der Waals surface area contributed by atoms with Crippen LogP contribution in [0.1, 0.15) is 25.7 Å². The molecule has 0 aliphatic heterocycles. The molecule has 2 aromatic carbocycles. The van der Waals surface area contributed by atoms with Crippen molar-refractivity contribution in [2.24, 2.45) is 0 Å². The minimum absolute atomic E-state index is 0.0471. The molecular formula is C19H14F3N3O3S. The Morgan fingerprint density at radius 2 is 1.59 bits per heavy atom. The molecule has 0 saturated heterocycles. The fourth-order valence-electron chi connectivity index (χ4n) is 2.36. The number of aromatic nitrogens is 1. The number of nitrogens with zero attached hydrogens (tertiary/aromatic N) is 1. The van der Waals surface area contributed by atoms with Gasteiger partial charge in [-0.3, -0.25) is 20.4 Å². The van der Waals surface area contributed by atoms with E-state index in [2.05, 4.69) is 20.6 Å². The van der Waals surface area contributed by atoms with Crippen molar-refractivity contribution in [1.82, 2.24) is 15.8 Å². The summed E-state index contributed by atoms with van der Waals surface area (Å²) in [5.41, 5.74) is 5.92. The van der Waals surface area contributed by atoms with Gasteiger partial charge < -0.3 is 4.74 Å². The second-order valence-electron chi connectivity index (χ2n) is 5.78. The van der Waals surface area contributed by atoms with Crippen molar-refractivity contribution in [3.63, 3.8) is 0 Å². The minimum Gasteiger partial charge on any atom is -0.406 e. The summed E-state index contributed by atoms with van der Waals surface area (Å²) in [7, 11) is 0. The van der Waals surface area contributed by atoms with E-state index in [4.69, 9.17) is 0 Å². The van der Waals surface area contributed by atoms with Gasteiger partial charge in [0.2, 0.25) is 0 Å². The molecule has 0 unspecified atom stereocenters. The third-order valence-corrected chi connectivity index (χ3v) is 4.87. The van der Waals surface area contributed by atoms with Crippen LogP contribution in [0.3, 0.4) is 0 Å². The number of hydrogen-bond donors (Lipinski definition) is 2. The summed E-state index contributed by atoms with van der Waals surface area (Å²) in [5, 5.41) is 0.667. The van der Waals surface area contributed by atoms with E-state index < -0.39 is 23.9 Å². The second kappa shape index (κ2) is 8.31. The largest absolute Gasteiger partial charge is 0.573 e. The summed E-state index contributed by atoms with van der Waals surface area (Å²) in [5.74, 6) is -1.69. The fraction of sp³-hybridized carbons (Fsp3) is 0.105. The van der Waals surface area contributed by atoms with E-state index in [9.17, 15) is 22.8 Å². The van der Waals surface area contributed by atoms with Crippen LogP contribution in [0, 0.1) is 6.92 Å². The molecule has 3 rings (SSSR count). The number of hydrogen-bond acceptors (Lipinski definition) is 5. The van der Waals surface area contributed by atoms with Gasteiger partial charge in [-0.2, -0.15) is 0 Å². The van der Waals surface area contributed by atoms with Gasteiger partial charge in [0, 0.05) is 11.1 Å². The van der Waals surface area contributed by atoms with Crippen LogP contribution < -0.4 is 15.6 Å². The zero-order valence-corrected chi connectivity index (χ0v) is 15.7. The zero-order chi connectivity index (χ0) is 21.0. The Hall–Kier alpha value is -3.40. The first-order valence-corrected chi connectivity index (χ1v) is 9.04. The third-order valence-electron chi connectivity index (χ3n) is 3.66. The summed E-state index contributed by atoms with van der Waals surface area (Å²) in [6, 6.07) is 13.6. The molecule has 0 atom stereocenters. The molecule has 10 heteroatoms. The maximum Gasteiger partial charge on any atom is 0.573 e. The number of amides is 2. The highest BCUT2D eigenvalue weighted by atomic mass is 32.1. The van der Waals surface area contributed by atoms with E-state index in [1.165, 1.54) is 11.3 Å². The minimum atomic E-state index is -4.82. The number of alkyl halides is 3. The van der Waals surface area contributed by atoms with E-state index in [1.807, 2.05) is 30.3 Å². The number of ether oxygens (including phenoxy) is 1. The van der Waals surface area contributed by atoms with Gasteiger partial charge in [-0.15, -0.1) is 24.5 Å². The summed E-state index contributed by atoms with van der Waals surface area (Å²) in [4.78, 5) is 29.1. The Morgan fingerprint density at radius 3 is 2.21 bits per heavy atom. The second-order valence-corrected chi connectivity index (χ2v) is 6.78. The van der Waals surface area contributed by atoms with Gasteiger partial charge in [0.1, 0.15) is 15.6 Å². The average molecular weight is 421 g/mol. The van der Waals surface area contributed by atoms with Crippen LogP contribution in [0.4, 0.5) is 13.2 Å². The molecule has 1 heterocycles. The number of thiazole rings is 1. The maximum absolute atomic E-state index is 12.4. The van der Waals surface area contributed by atoms with Gasteiger partial charge >= 0.3 is 6.36 Å². The predicted molar refractivity (Wildman–Crippen MR) is 100 cm³/mol. The van der Waals surface area contributed by atoms with Crippen molar-refractivity contribution < 1.29 is 27.5 Å². The third kappa shape index (κ3) is 5.32. The Bertz CT molecular complexity index is 1020. The molecule has 29 heavy (non-hydrogen) atoms. The predicted octanol–water partition coefficient (Wildman–Crippen LogP) is 4.09. The summed E-state index contributed by atoms with van der Waals surface area (Å²) in [6.45, 7) is 1.68. The molecule has 3 aromatic rings. The Labute approximate surface area is 167 Å². The van der Waals surface area contributed by atoms with Crippen molar-refractivity contribution in [3.8, 4) is 16.3 Å². The molecule has 0 aliphatic carbocycles. The highest BCUT2D eigenvalue weighted by molar-refractivity contribution is 7.17. The fourth-order valence-corrected chi connectivity index (χ4v) is 3.33. The van der Waals surface area contributed by atoms with Crippen molar-refractivity contribution >= 4 is 23.2 Å². The average Bonchev–Trinajstić information content (AvgIpc) is 3.08. The number of aryl methyl sites for hydroxylation is 1. The molecule has 0 radical (unpaired) electrons. The lowest BCUT2D eigenvalue weighted by atomic mass is 10.2. The number of carbonyl (C=O) groups is 2. The quantitative estimate of drug-likeness (QED) is 0.622. The molecule has 1 aromatic heterocycles. The number of nitrogens with one attached hydrogen (secondary N) is 2. The lowest BCUT2D eigenvalue weighted by molar-refractivity contribution is -0.274. The van der Waals surface area contributed by atoms with Crippen molar-refractivity contribution in [1.29, 1.82) is 0 Å². The molecule has 2 amide bonds. The Kier molecular flexibility index (Phi) is 5.83. The van der Waals surface area contributed by atoms with E-state index in [0.29, 0.717) is 15.6 Å². The molecule has 150 valence electrons. The number of hydrazine groups is 1. The van der Waals surface area contributed by atoms with Gasteiger partial charge in [-0.05, 0) is 31.2 Å². The van der Waals surface area contributed by atoms with Gasteiger partial charge in [0.15, 0.2) is 0 Å². The van der Waals surface area contributed by atoms with Crippen LogP contribution in [0.15, 0.2) is 54.6 Å². The van der Waals surface area contributed by atoms with E-state index >= 15 is 0 Å². The van der Waals surface area contributed by atoms with Gasteiger partial charge in [-0.25, -0.2) is 4.98 Å². The molecule has 0 spiro atoms. The molecule has 0 bridgehead atoms. The van der Waals surface area contributed by atoms with Crippen LogP contribution in [-0.4, -0.2) is 23.2 Å². The number of halogens is 3. The molecular weight excluding hydrogens is 407 g/mol. The maximum atomic E-state index is 12.4. The molecule has 0 aliphatic rings. The Morgan fingerprint density at radius 1 is 0.966 bits per heavy atom. The van der Waals surface area contributed by atoms with Gasteiger partial charge in [0.25, 0.3) is 11.8 Å². The van der Waals surface area contributed by atoms with Crippen LogP contribution in [0.5, 0.6) is 5.75 Å². The standard InChI is InChI=1S/C19H14F3N3O3S/c1-11-15(29-18(23-11)13-5-3-2-4-6-13)17(27)25-24-16(26)12-7-9-14(10-8-12)28-19(20,21)22/h2-10H,1H3,(H,24,26)(H,25,27). The van der Waals surface area contributed by atoms with E-state index in [1.54, 1.807) is 6.92 Å². The van der Waals surface area contributed by atoms with Crippen LogP contribution in [0.2, 0.25) is 0 Å². The molecule has 0 fully saturated rings. The number of rotatable bonds is 4. The first-order valence-electron chi connectivity index (χ1n) is 8.22. The molecule has 0 saturated carbocycles. The summed E-state index contributed by atoms with van der Waals surface area (Å²) in [6.07, 6.45) is -4.82. The SMILES string of the molecule is Cc1nc(-c2ccccc2)sc1C(=O)NNC(=O)c1ccc(OC(F)(F)F)cc1. The lowest BCUT2D eigenvalue weighted by Crippen LogP contribution is -2.41. The Balaban J connectivity index is 1.62.